The van der Waals surface area contributed by atoms with E-state index in [1.807, 2.05) is 26.1 Å². The summed E-state index contributed by atoms with van der Waals surface area (Å²) in [7, 11) is 1.81. The lowest BCUT2D eigenvalue weighted by Crippen LogP contribution is -2.36. The van der Waals surface area contributed by atoms with Crippen LogP contribution in [0.3, 0.4) is 0 Å². The minimum absolute atomic E-state index is 0.119. The summed E-state index contributed by atoms with van der Waals surface area (Å²) in [5, 5.41) is 13.7. The van der Waals surface area contributed by atoms with E-state index in [9.17, 15) is 14.0 Å². The number of amides is 1. The highest BCUT2D eigenvalue weighted by Crippen LogP contribution is 2.32. The van der Waals surface area contributed by atoms with Gasteiger partial charge >= 0.3 is 0 Å². The van der Waals surface area contributed by atoms with Crippen LogP contribution in [0.1, 0.15) is 44.6 Å². The molecular formula is C27H28FN7O2S. The van der Waals surface area contributed by atoms with Gasteiger partial charge in [0.05, 0.1) is 17.9 Å². The Morgan fingerprint density at radius 1 is 1.24 bits per heavy atom. The Kier molecular flexibility index (Phi) is 6.32. The minimum Gasteiger partial charge on any atom is -0.361 e. The second kappa shape index (κ2) is 9.80. The minimum atomic E-state index is -0.641. The van der Waals surface area contributed by atoms with Crippen molar-refractivity contribution < 1.29 is 9.18 Å². The highest BCUT2D eigenvalue weighted by molar-refractivity contribution is 7.12. The Hall–Kier alpha value is -3.83. The Balaban J connectivity index is 1.31. The van der Waals surface area contributed by atoms with E-state index in [2.05, 4.69) is 32.1 Å². The Morgan fingerprint density at radius 2 is 2.11 bits per heavy atom. The van der Waals surface area contributed by atoms with Crippen molar-refractivity contribution in [2.45, 2.75) is 52.0 Å². The largest absolute Gasteiger partial charge is 0.361 e. The fourth-order valence-corrected chi connectivity index (χ4v) is 6.44. The van der Waals surface area contributed by atoms with Gasteiger partial charge in [-0.15, -0.1) is 11.3 Å². The smallest absolute Gasteiger partial charge is 0.294 e. The summed E-state index contributed by atoms with van der Waals surface area (Å²) in [6.45, 7) is 4.20. The van der Waals surface area contributed by atoms with Crippen LogP contribution in [0, 0.1) is 12.7 Å². The molecule has 11 heteroatoms. The van der Waals surface area contributed by atoms with E-state index in [-0.39, 0.29) is 29.6 Å². The molecule has 6 rings (SSSR count). The first kappa shape index (κ1) is 24.5. The summed E-state index contributed by atoms with van der Waals surface area (Å²) in [5.74, 6) is -0.403. The number of aromatic nitrogens is 4. The molecule has 1 aromatic carbocycles. The second-order valence-corrected chi connectivity index (χ2v) is 11.0. The summed E-state index contributed by atoms with van der Waals surface area (Å²) in [4.78, 5) is 34.1. The summed E-state index contributed by atoms with van der Waals surface area (Å²) in [6.07, 6.45) is 2.73. The van der Waals surface area contributed by atoms with Gasteiger partial charge in [0.15, 0.2) is 5.82 Å². The van der Waals surface area contributed by atoms with Gasteiger partial charge < -0.3 is 16.0 Å². The maximum atomic E-state index is 13.9. The lowest BCUT2D eigenvalue weighted by atomic mass is 10.1. The van der Waals surface area contributed by atoms with Gasteiger partial charge in [-0.2, -0.15) is 5.10 Å². The van der Waals surface area contributed by atoms with Gasteiger partial charge in [0.25, 0.3) is 5.56 Å². The third-order valence-corrected chi connectivity index (χ3v) is 8.27. The molecule has 0 aliphatic carbocycles. The molecule has 196 valence electrons. The Labute approximate surface area is 222 Å². The zero-order valence-electron chi connectivity index (χ0n) is 21.2. The van der Waals surface area contributed by atoms with Crippen LogP contribution < -0.4 is 21.5 Å². The summed E-state index contributed by atoms with van der Waals surface area (Å²) >= 11 is 1.70. The number of benzene rings is 1. The molecule has 9 nitrogen and oxygen atoms in total. The summed E-state index contributed by atoms with van der Waals surface area (Å²) in [6, 6.07) is 8.07. The van der Waals surface area contributed by atoms with E-state index >= 15 is 0 Å². The van der Waals surface area contributed by atoms with Gasteiger partial charge in [0.2, 0.25) is 5.91 Å². The zero-order chi connectivity index (χ0) is 26.4. The number of halogens is 1. The van der Waals surface area contributed by atoms with Crippen LogP contribution >= 0.6 is 11.3 Å². The molecule has 5 heterocycles. The Bertz CT molecular complexity index is 1560. The molecule has 0 saturated heterocycles. The molecule has 38 heavy (non-hydrogen) atoms. The molecule has 1 atom stereocenters. The number of rotatable bonds is 7. The van der Waals surface area contributed by atoms with Crippen molar-refractivity contribution >= 4 is 23.1 Å². The van der Waals surface area contributed by atoms with E-state index in [0.717, 1.165) is 29.2 Å². The molecular weight excluding hydrogens is 505 g/mol. The summed E-state index contributed by atoms with van der Waals surface area (Å²) < 4.78 is 17.2. The number of carbonyl (C=O) groups is 1. The molecule has 1 unspecified atom stereocenters. The van der Waals surface area contributed by atoms with Crippen molar-refractivity contribution in [1.29, 1.82) is 0 Å². The third kappa shape index (κ3) is 4.52. The lowest BCUT2D eigenvalue weighted by molar-refractivity contribution is -0.124. The van der Waals surface area contributed by atoms with Crippen LogP contribution in [0.15, 0.2) is 41.3 Å². The molecule has 4 aromatic rings. The molecule has 0 saturated carbocycles. The number of thiophene rings is 1. The molecule has 3 aromatic heterocycles. The third-order valence-electron chi connectivity index (χ3n) is 7.09. The topological polar surface area (TPSA) is 106 Å². The molecule has 0 radical (unpaired) electrons. The lowest BCUT2D eigenvalue weighted by Gasteiger charge is -2.18. The average Bonchev–Trinajstić information content (AvgIpc) is 3.66. The normalized spacial score (nSPS) is 15.9. The first-order valence-electron chi connectivity index (χ1n) is 12.6. The van der Waals surface area contributed by atoms with Gasteiger partial charge in [0, 0.05) is 42.6 Å². The fraction of sp³-hybridized carbons (Fsp3) is 0.333. The van der Waals surface area contributed by atoms with E-state index in [1.54, 1.807) is 26.8 Å². The van der Waals surface area contributed by atoms with Crippen LogP contribution in [0.25, 0.3) is 11.4 Å². The van der Waals surface area contributed by atoms with Crippen LogP contribution in [-0.4, -0.2) is 25.2 Å². The van der Waals surface area contributed by atoms with Crippen LogP contribution in [0.4, 0.5) is 10.2 Å². The molecule has 0 spiro atoms. The quantitative estimate of drug-likeness (QED) is 0.337. The second-order valence-electron chi connectivity index (χ2n) is 9.80. The molecule has 3 N–H and O–H groups in total. The standard InChI is InChI=1S/C27H28FN7O2S/c1-15-7-16(9-18(28)8-15)11-30-25-27(37)35-21(24(33-25)20-5-6-32-34(20)2)3-4-22(35)26(36)31-13-19-10-17-12-29-14-23(17)38-19/h5-10,22,29H,3-4,11-14H2,1-2H3,(H,30,33)(H,31,36). The van der Waals surface area contributed by atoms with E-state index in [4.69, 9.17) is 0 Å². The number of anilines is 1. The van der Waals surface area contributed by atoms with E-state index in [1.165, 1.54) is 22.6 Å². The SMILES string of the molecule is Cc1cc(F)cc(CNc2nc(-c3ccnn3C)c3n(c2=O)C(C(=O)NCc2cc4c(s2)CNC4)CC3)c1. The number of hydrogen-bond donors (Lipinski definition) is 3. The Morgan fingerprint density at radius 3 is 2.87 bits per heavy atom. The summed E-state index contributed by atoms with van der Waals surface area (Å²) in [5.41, 5.74) is 4.49. The van der Waals surface area contributed by atoms with Crippen molar-refractivity contribution in [2.75, 3.05) is 5.32 Å². The number of aryl methyl sites for hydroxylation is 2. The number of hydrogen-bond acceptors (Lipinski definition) is 7. The predicted molar refractivity (Wildman–Crippen MR) is 143 cm³/mol. The fourth-order valence-electron chi connectivity index (χ4n) is 5.34. The van der Waals surface area contributed by atoms with Crippen molar-refractivity contribution in [3.8, 4) is 11.4 Å². The highest BCUT2D eigenvalue weighted by atomic mass is 32.1. The van der Waals surface area contributed by atoms with Gasteiger partial charge in [-0.25, -0.2) is 9.37 Å². The van der Waals surface area contributed by atoms with Crippen molar-refractivity contribution in [3.05, 3.63) is 84.8 Å². The predicted octanol–water partition coefficient (Wildman–Crippen LogP) is 3.17. The molecule has 0 fully saturated rings. The average molecular weight is 534 g/mol. The molecule has 2 aliphatic heterocycles. The van der Waals surface area contributed by atoms with Crippen LogP contribution in [-0.2, 0) is 44.4 Å². The van der Waals surface area contributed by atoms with E-state index < -0.39 is 6.04 Å². The first-order valence-corrected chi connectivity index (χ1v) is 13.4. The number of nitrogens with one attached hydrogen (secondary N) is 3. The van der Waals surface area contributed by atoms with Gasteiger partial charge in [-0.05, 0) is 60.7 Å². The zero-order valence-corrected chi connectivity index (χ0v) is 22.0. The van der Waals surface area contributed by atoms with Gasteiger partial charge in [-0.3, -0.25) is 18.8 Å². The number of carbonyl (C=O) groups excluding carboxylic acids is 1. The molecule has 0 bridgehead atoms. The maximum absolute atomic E-state index is 13.9. The van der Waals surface area contributed by atoms with Crippen molar-refractivity contribution in [3.63, 3.8) is 0 Å². The molecule has 2 aliphatic rings. The maximum Gasteiger partial charge on any atom is 0.294 e. The van der Waals surface area contributed by atoms with Gasteiger partial charge in [0.1, 0.15) is 17.6 Å². The van der Waals surface area contributed by atoms with Crippen molar-refractivity contribution in [1.82, 2.24) is 30.0 Å². The van der Waals surface area contributed by atoms with Crippen molar-refractivity contribution in [2.24, 2.45) is 7.05 Å². The number of fused-ring (bicyclic) bond motifs is 2. The molecule has 1 amide bonds. The van der Waals surface area contributed by atoms with Crippen LogP contribution in [0.2, 0.25) is 0 Å². The monoisotopic (exact) mass is 533 g/mol. The van der Waals surface area contributed by atoms with E-state index in [0.29, 0.717) is 36.3 Å². The van der Waals surface area contributed by atoms with Crippen LogP contribution in [0.5, 0.6) is 0 Å². The first-order chi connectivity index (χ1) is 18.4. The van der Waals surface area contributed by atoms with Gasteiger partial charge in [-0.1, -0.05) is 6.07 Å². The highest BCUT2D eigenvalue weighted by Gasteiger charge is 2.34. The number of nitrogens with zero attached hydrogens (tertiary/aromatic N) is 4.